The Labute approximate surface area is 241 Å². The van der Waals surface area contributed by atoms with Gasteiger partial charge in [-0.25, -0.2) is 24.9 Å². The zero-order valence-electron chi connectivity index (χ0n) is 21.8. The van der Waals surface area contributed by atoms with E-state index in [0.29, 0.717) is 34.2 Å². The number of aromatic nitrogens is 5. The molecule has 3 aromatic heterocycles. The number of pyridine rings is 1. The van der Waals surface area contributed by atoms with E-state index in [9.17, 15) is 21.0 Å². The quantitative estimate of drug-likeness (QED) is 0.259. The molecule has 194 valence electrons. The molecular formula is C33H17N9. The molecule has 9 nitrogen and oxygen atoms in total. The van der Waals surface area contributed by atoms with Crippen molar-refractivity contribution in [2.45, 2.75) is 0 Å². The van der Waals surface area contributed by atoms with Gasteiger partial charge in [0.25, 0.3) is 0 Å². The molecule has 42 heavy (non-hydrogen) atoms. The Morgan fingerprint density at radius 3 is 1.17 bits per heavy atom. The minimum atomic E-state index is -0.0593. The summed E-state index contributed by atoms with van der Waals surface area (Å²) >= 11 is 0. The van der Waals surface area contributed by atoms with Crippen LogP contribution >= 0.6 is 0 Å². The van der Waals surface area contributed by atoms with Crippen molar-refractivity contribution in [1.82, 2.24) is 24.9 Å². The first-order chi connectivity index (χ1) is 20.6. The summed E-state index contributed by atoms with van der Waals surface area (Å²) in [6, 6.07) is 31.8. The van der Waals surface area contributed by atoms with Crippen molar-refractivity contribution < 1.29 is 0 Å². The van der Waals surface area contributed by atoms with Gasteiger partial charge >= 0.3 is 0 Å². The van der Waals surface area contributed by atoms with Crippen LogP contribution in [0.4, 0.5) is 0 Å². The van der Waals surface area contributed by atoms with Crippen LogP contribution in [-0.4, -0.2) is 24.9 Å². The summed E-state index contributed by atoms with van der Waals surface area (Å²) in [6.45, 7) is 0. The van der Waals surface area contributed by atoms with Crippen LogP contribution in [0.3, 0.4) is 0 Å². The molecule has 2 aromatic carbocycles. The predicted octanol–water partition coefficient (Wildman–Crippen LogP) is 5.82. The lowest BCUT2D eigenvalue weighted by Gasteiger charge is -2.07. The van der Waals surface area contributed by atoms with E-state index in [1.54, 1.807) is 24.3 Å². The summed E-state index contributed by atoms with van der Waals surface area (Å²) in [5.41, 5.74) is 4.30. The largest absolute Gasteiger partial charge is 0.249 e. The van der Waals surface area contributed by atoms with Crippen molar-refractivity contribution in [3.63, 3.8) is 0 Å². The predicted molar refractivity (Wildman–Crippen MR) is 156 cm³/mol. The number of hydrogen-bond donors (Lipinski definition) is 0. The molecule has 0 bridgehead atoms. The molecule has 0 aliphatic heterocycles. The van der Waals surface area contributed by atoms with Gasteiger partial charge in [0.05, 0.1) is 34.2 Å². The van der Waals surface area contributed by atoms with Crippen LogP contribution in [0.1, 0.15) is 45.6 Å². The van der Waals surface area contributed by atoms with Gasteiger partial charge < -0.3 is 0 Å². The highest BCUT2D eigenvalue weighted by Crippen LogP contribution is 2.25. The summed E-state index contributed by atoms with van der Waals surface area (Å²) in [4.78, 5) is 22.2. The molecule has 5 aromatic rings. The maximum absolute atomic E-state index is 9.47. The van der Waals surface area contributed by atoms with Gasteiger partial charge in [0.2, 0.25) is 0 Å². The Kier molecular flexibility index (Phi) is 7.89. The van der Waals surface area contributed by atoms with E-state index in [1.807, 2.05) is 103 Å². The van der Waals surface area contributed by atoms with E-state index in [2.05, 4.69) is 24.9 Å². The molecule has 0 atom stereocenters. The van der Waals surface area contributed by atoms with E-state index < -0.39 is 0 Å². The molecule has 0 radical (unpaired) electrons. The lowest BCUT2D eigenvalue weighted by Crippen LogP contribution is -2.01. The minimum absolute atomic E-state index is 0.0425. The highest BCUT2D eigenvalue weighted by molar-refractivity contribution is 5.79. The molecule has 0 saturated heterocycles. The van der Waals surface area contributed by atoms with Crippen LogP contribution in [0.5, 0.6) is 0 Å². The zero-order valence-corrected chi connectivity index (χ0v) is 21.8. The average molecular weight is 540 g/mol. The molecule has 0 spiro atoms. The number of nitriles is 4. The van der Waals surface area contributed by atoms with Crippen molar-refractivity contribution in [3.05, 3.63) is 124 Å². The van der Waals surface area contributed by atoms with E-state index in [1.165, 1.54) is 0 Å². The highest BCUT2D eigenvalue weighted by atomic mass is 14.9. The van der Waals surface area contributed by atoms with Gasteiger partial charge in [0, 0.05) is 11.1 Å². The maximum atomic E-state index is 9.47. The van der Waals surface area contributed by atoms with E-state index >= 15 is 0 Å². The summed E-state index contributed by atoms with van der Waals surface area (Å²) in [6.07, 6.45) is 6.88. The van der Waals surface area contributed by atoms with Crippen LogP contribution in [0.15, 0.2) is 78.9 Å². The summed E-state index contributed by atoms with van der Waals surface area (Å²) in [5.74, 6) is 0. The van der Waals surface area contributed by atoms with Crippen LogP contribution in [0, 0.1) is 45.3 Å². The number of hydrogen-bond acceptors (Lipinski definition) is 9. The lowest BCUT2D eigenvalue weighted by molar-refractivity contribution is 1.12. The standard InChI is InChI=1S/C33H17N9/c34-18-28-30(20-36)41-32(22-8-3-1-4-9-22)26(39-28)16-14-24-12-7-13-25(38-24)15-17-27-33(23-10-5-2-6-11-23)42-31(21-37)29(19-35)40-27/h1-17H/b16-14+,17-15+. The highest BCUT2D eigenvalue weighted by Gasteiger charge is 2.15. The second kappa shape index (κ2) is 12.4. The van der Waals surface area contributed by atoms with Crippen LogP contribution in [0.2, 0.25) is 0 Å². The first-order valence-electron chi connectivity index (χ1n) is 12.5. The molecule has 0 amide bonds. The molecule has 5 rings (SSSR count). The monoisotopic (exact) mass is 539 g/mol. The fourth-order valence-corrected chi connectivity index (χ4v) is 4.04. The smallest absolute Gasteiger partial charge is 0.177 e. The molecular weight excluding hydrogens is 522 g/mol. The van der Waals surface area contributed by atoms with Gasteiger partial charge in [-0.15, -0.1) is 0 Å². The Hall–Kier alpha value is -6.81. The summed E-state index contributed by atoms with van der Waals surface area (Å²) in [5, 5.41) is 37.8. The lowest BCUT2D eigenvalue weighted by atomic mass is 10.1. The molecule has 0 aliphatic rings. The SMILES string of the molecule is N#Cc1nc(/C=C/c2cccc(/C=C/c3nc(C#N)c(C#N)nc3-c3ccccc3)n2)c(-c2ccccc2)nc1C#N. The third-order valence-corrected chi connectivity index (χ3v) is 5.98. The fraction of sp³-hybridized carbons (Fsp3) is 0. The summed E-state index contributed by atoms with van der Waals surface area (Å²) < 4.78 is 0. The first kappa shape index (κ1) is 26.8. The van der Waals surface area contributed by atoms with E-state index in [4.69, 9.17) is 0 Å². The topological polar surface area (TPSA) is 160 Å². The van der Waals surface area contributed by atoms with E-state index in [0.717, 1.165) is 11.1 Å². The first-order valence-corrected chi connectivity index (χ1v) is 12.5. The van der Waals surface area contributed by atoms with Gasteiger partial charge in [-0.3, -0.25) is 0 Å². The Morgan fingerprint density at radius 1 is 0.405 bits per heavy atom. The minimum Gasteiger partial charge on any atom is -0.249 e. The molecule has 0 N–H and O–H groups in total. The van der Waals surface area contributed by atoms with Crippen molar-refractivity contribution >= 4 is 24.3 Å². The molecule has 0 unspecified atom stereocenters. The Bertz CT molecular complexity index is 1880. The van der Waals surface area contributed by atoms with Crippen LogP contribution in [0.25, 0.3) is 46.8 Å². The molecule has 0 aliphatic carbocycles. The molecule has 9 heteroatoms. The normalized spacial score (nSPS) is 10.6. The van der Waals surface area contributed by atoms with Gasteiger partial charge in [-0.1, -0.05) is 66.7 Å². The van der Waals surface area contributed by atoms with Gasteiger partial charge in [0.15, 0.2) is 22.8 Å². The Morgan fingerprint density at radius 2 is 0.786 bits per heavy atom. The van der Waals surface area contributed by atoms with Crippen LogP contribution in [-0.2, 0) is 0 Å². The third kappa shape index (κ3) is 5.77. The number of benzene rings is 2. The second-order valence-electron chi connectivity index (χ2n) is 8.64. The van der Waals surface area contributed by atoms with Gasteiger partial charge in [0.1, 0.15) is 24.3 Å². The molecule has 3 heterocycles. The second-order valence-corrected chi connectivity index (χ2v) is 8.64. The van der Waals surface area contributed by atoms with Crippen molar-refractivity contribution in [2.24, 2.45) is 0 Å². The van der Waals surface area contributed by atoms with E-state index in [-0.39, 0.29) is 22.8 Å². The number of rotatable bonds is 6. The average Bonchev–Trinajstić information content (AvgIpc) is 3.06. The van der Waals surface area contributed by atoms with Gasteiger partial charge in [-0.05, 0) is 36.4 Å². The van der Waals surface area contributed by atoms with Crippen LogP contribution < -0.4 is 0 Å². The molecule has 0 fully saturated rings. The Balaban J connectivity index is 1.51. The maximum Gasteiger partial charge on any atom is 0.177 e. The summed E-state index contributed by atoms with van der Waals surface area (Å²) in [7, 11) is 0. The van der Waals surface area contributed by atoms with Crippen molar-refractivity contribution in [1.29, 1.82) is 21.0 Å². The number of nitrogens with zero attached hydrogens (tertiary/aromatic N) is 9. The fourth-order valence-electron chi connectivity index (χ4n) is 4.04. The van der Waals surface area contributed by atoms with Crippen molar-refractivity contribution in [3.8, 4) is 46.8 Å². The van der Waals surface area contributed by atoms with Crippen molar-refractivity contribution in [2.75, 3.05) is 0 Å². The molecule has 0 saturated carbocycles. The third-order valence-electron chi connectivity index (χ3n) is 5.98. The zero-order chi connectivity index (χ0) is 29.3. The van der Waals surface area contributed by atoms with Gasteiger partial charge in [-0.2, -0.15) is 21.0 Å².